The number of aryl methyl sites for hydroxylation is 1. The van der Waals surface area contributed by atoms with Crippen LogP contribution in [0.1, 0.15) is 41.7 Å². The average Bonchev–Trinajstić information content (AvgIpc) is 3.46. The number of piperidine rings is 1. The zero-order valence-electron chi connectivity index (χ0n) is 26.2. The van der Waals surface area contributed by atoms with E-state index in [1.54, 1.807) is 38.1 Å². The standard InChI is InChI=1S/C33H34FN9O4/c1-4-40-18-26(31(45)42(33(40)47)24-7-5-6-22(34)16-24)30(44)38-23-10-8-20(9-11-23)25-17-27(43-28(25)29(35)36-19-37-43)21-12-14-41(15-13-21)32(46)39(2)3/h5-11,16-19,21H,4,12-15H2,1-3H3,(H,38,44)(H2,35,36,37). The lowest BCUT2D eigenvalue weighted by atomic mass is 9.93. The van der Waals surface area contributed by atoms with Gasteiger partial charge in [-0.25, -0.2) is 28.0 Å². The van der Waals surface area contributed by atoms with Crippen molar-refractivity contribution in [3.05, 3.63) is 105 Å². The second kappa shape index (κ2) is 12.5. The molecule has 0 saturated carbocycles. The molecule has 13 nitrogen and oxygen atoms in total. The zero-order valence-corrected chi connectivity index (χ0v) is 26.2. The van der Waals surface area contributed by atoms with E-state index in [-0.39, 0.29) is 29.7 Å². The summed E-state index contributed by atoms with van der Waals surface area (Å²) in [5.74, 6) is -0.869. The molecule has 1 saturated heterocycles. The van der Waals surface area contributed by atoms with Crippen LogP contribution in [-0.4, -0.2) is 72.7 Å². The van der Waals surface area contributed by atoms with Crippen LogP contribution in [0.5, 0.6) is 0 Å². The highest BCUT2D eigenvalue weighted by molar-refractivity contribution is 6.04. The fourth-order valence-electron chi connectivity index (χ4n) is 6.01. The quantitative estimate of drug-likeness (QED) is 0.288. The normalized spacial score (nSPS) is 13.6. The summed E-state index contributed by atoms with van der Waals surface area (Å²) in [6, 6.07) is 14.1. The van der Waals surface area contributed by atoms with Gasteiger partial charge < -0.3 is 20.9 Å². The highest BCUT2D eigenvalue weighted by atomic mass is 19.1. The summed E-state index contributed by atoms with van der Waals surface area (Å²) in [7, 11) is 3.49. The van der Waals surface area contributed by atoms with Crippen LogP contribution in [0.3, 0.4) is 0 Å². The van der Waals surface area contributed by atoms with Gasteiger partial charge in [0.15, 0.2) is 5.82 Å². The summed E-state index contributed by atoms with van der Waals surface area (Å²) in [4.78, 5) is 59.7. The van der Waals surface area contributed by atoms with Gasteiger partial charge in [-0.3, -0.25) is 14.2 Å². The third-order valence-electron chi connectivity index (χ3n) is 8.44. The Morgan fingerprint density at radius 3 is 2.45 bits per heavy atom. The number of carbonyl (C=O) groups excluding carboxylic acids is 2. The number of halogens is 1. The number of likely N-dealkylation sites (tertiary alicyclic amines) is 1. The van der Waals surface area contributed by atoms with E-state index in [1.165, 1.54) is 35.3 Å². The highest BCUT2D eigenvalue weighted by Crippen LogP contribution is 2.37. The van der Waals surface area contributed by atoms with Crippen molar-refractivity contribution < 1.29 is 14.0 Å². The van der Waals surface area contributed by atoms with Gasteiger partial charge in [0.1, 0.15) is 23.2 Å². The lowest BCUT2D eigenvalue weighted by Gasteiger charge is -2.33. The zero-order chi connectivity index (χ0) is 33.4. The summed E-state index contributed by atoms with van der Waals surface area (Å²) < 4.78 is 17.8. The highest BCUT2D eigenvalue weighted by Gasteiger charge is 2.28. The van der Waals surface area contributed by atoms with Crippen LogP contribution in [0.4, 0.5) is 20.7 Å². The van der Waals surface area contributed by atoms with E-state index in [9.17, 15) is 23.6 Å². The van der Waals surface area contributed by atoms with Crippen LogP contribution in [-0.2, 0) is 6.54 Å². The largest absolute Gasteiger partial charge is 0.382 e. The second-order valence-corrected chi connectivity index (χ2v) is 11.6. The number of benzene rings is 2. The molecule has 14 heteroatoms. The van der Waals surface area contributed by atoms with Crippen molar-refractivity contribution in [1.82, 2.24) is 33.5 Å². The van der Waals surface area contributed by atoms with Gasteiger partial charge in [-0.1, -0.05) is 18.2 Å². The molecule has 1 fully saturated rings. The number of carbonyl (C=O) groups is 2. The monoisotopic (exact) mass is 639 g/mol. The first-order chi connectivity index (χ1) is 22.6. The van der Waals surface area contributed by atoms with Crippen LogP contribution < -0.4 is 22.3 Å². The molecule has 0 aliphatic carbocycles. The number of rotatable bonds is 6. The molecule has 0 spiro atoms. The molecular weight excluding hydrogens is 605 g/mol. The van der Waals surface area contributed by atoms with Crippen molar-refractivity contribution in [2.45, 2.75) is 32.2 Å². The van der Waals surface area contributed by atoms with Crippen LogP contribution in [0.25, 0.3) is 22.3 Å². The van der Waals surface area contributed by atoms with Crippen molar-refractivity contribution >= 4 is 29.0 Å². The Hall–Kier alpha value is -5.79. The smallest absolute Gasteiger partial charge is 0.335 e. The third-order valence-corrected chi connectivity index (χ3v) is 8.44. The molecule has 0 atom stereocenters. The van der Waals surface area contributed by atoms with Crippen LogP contribution in [0.2, 0.25) is 0 Å². The number of hydrogen-bond acceptors (Lipinski definition) is 7. The van der Waals surface area contributed by atoms with Gasteiger partial charge in [-0.05, 0) is 61.7 Å². The number of nitrogens with two attached hydrogens (primary N) is 1. The number of nitrogen functional groups attached to an aromatic ring is 1. The van der Waals surface area contributed by atoms with Gasteiger partial charge in [-0.2, -0.15) is 5.10 Å². The predicted octanol–water partition coefficient (Wildman–Crippen LogP) is 3.56. The maximum atomic E-state index is 13.9. The molecule has 0 bridgehead atoms. The number of amides is 3. The predicted molar refractivity (Wildman–Crippen MR) is 175 cm³/mol. The Kier molecular flexibility index (Phi) is 8.33. The first-order valence-electron chi connectivity index (χ1n) is 15.2. The lowest BCUT2D eigenvalue weighted by Crippen LogP contribution is -2.43. The summed E-state index contributed by atoms with van der Waals surface area (Å²) in [6.07, 6.45) is 4.17. The Labute approximate surface area is 268 Å². The summed E-state index contributed by atoms with van der Waals surface area (Å²) in [6.45, 7) is 3.15. The van der Waals surface area contributed by atoms with Crippen LogP contribution in [0.15, 0.2) is 76.7 Å². The molecular formula is C33H34FN9O4. The van der Waals surface area contributed by atoms with Crippen LogP contribution in [0, 0.1) is 5.82 Å². The Morgan fingerprint density at radius 1 is 1.06 bits per heavy atom. The van der Waals surface area contributed by atoms with E-state index in [1.807, 2.05) is 27.6 Å². The van der Waals surface area contributed by atoms with Gasteiger partial charge in [0.05, 0.1) is 5.69 Å². The molecule has 0 unspecified atom stereocenters. The average molecular weight is 640 g/mol. The minimum atomic E-state index is -0.861. The van der Waals surface area contributed by atoms with Gasteiger partial charge in [0.2, 0.25) is 0 Å². The van der Waals surface area contributed by atoms with Crippen molar-refractivity contribution in [1.29, 1.82) is 0 Å². The van der Waals surface area contributed by atoms with Gasteiger partial charge in [-0.15, -0.1) is 0 Å². The number of aromatic nitrogens is 5. The number of anilines is 2. The summed E-state index contributed by atoms with van der Waals surface area (Å²) in [5.41, 5.74) is 8.21. The van der Waals surface area contributed by atoms with Crippen LogP contribution >= 0.6 is 0 Å². The molecule has 3 N–H and O–H groups in total. The van der Waals surface area contributed by atoms with Crippen molar-refractivity contribution in [2.75, 3.05) is 38.2 Å². The Balaban J connectivity index is 1.28. The summed E-state index contributed by atoms with van der Waals surface area (Å²) in [5, 5.41) is 7.23. The topological polar surface area (TPSA) is 153 Å². The minimum Gasteiger partial charge on any atom is -0.382 e. The molecule has 1 aliphatic heterocycles. The number of fused-ring (bicyclic) bond motifs is 1. The molecule has 3 aromatic heterocycles. The molecule has 0 radical (unpaired) electrons. The number of hydrogen-bond donors (Lipinski definition) is 2. The van der Waals surface area contributed by atoms with E-state index < -0.39 is 23.0 Å². The van der Waals surface area contributed by atoms with E-state index in [4.69, 9.17) is 5.73 Å². The number of urea groups is 1. The van der Waals surface area contributed by atoms with E-state index >= 15 is 0 Å². The molecule has 242 valence electrons. The molecule has 3 amide bonds. The Bertz CT molecular complexity index is 2110. The molecule has 4 heterocycles. The third kappa shape index (κ3) is 5.85. The molecule has 6 rings (SSSR count). The molecule has 2 aromatic carbocycles. The van der Waals surface area contributed by atoms with E-state index in [0.29, 0.717) is 30.1 Å². The first kappa shape index (κ1) is 31.2. The Morgan fingerprint density at radius 2 is 1.79 bits per heavy atom. The minimum absolute atomic E-state index is 0.00728. The lowest BCUT2D eigenvalue weighted by molar-refractivity contribution is 0.102. The van der Waals surface area contributed by atoms with Crippen molar-refractivity contribution in [3.63, 3.8) is 0 Å². The first-order valence-corrected chi connectivity index (χ1v) is 15.2. The fraction of sp³-hybridized carbons (Fsp3) is 0.273. The molecule has 5 aromatic rings. The maximum Gasteiger partial charge on any atom is 0.335 e. The van der Waals surface area contributed by atoms with Gasteiger partial charge >= 0.3 is 11.7 Å². The van der Waals surface area contributed by atoms with E-state index in [0.717, 1.165) is 40.3 Å². The fourth-order valence-corrected chi connectivity index (χ4v) is 6.01. The molecule has 1 aliphatic rings. The molecule has 47 heavy (non-hydrogen) atoms. The summed E-state index contributed by atoms with van der Waals surface area (Å²) >= 11 is 0. The SMILES string of the molecule is CCn1cc(C(=O)Nc2ccc(-c3cc(C4CCN(C(=O)N(C)C)CC4)n4ncnc(N)c34)cc2)c(=O)n(-c2cccc(F)c2)c1=O. The van der Waals surface area contributed by atoms with Crippen molar-refractivity contribution in [2.24, 2.45) is 0 Å². The van der Waals surface area contributed by atoms with E-state index in [2.05, 4.69) is 15.4 Å². The number of nitrogens with zero attached hydrogens (tertiary/aromatic N) is 7. The maximum absolute atomic E-state index is 13.9. The van der Waals surface area contributed by atoms with Gasteiger partial charge in [0, 0.05) is 62.8 Å². The van der Waals surface area contributed by atoms with Gasteiger partial charge in [0.25, 0.3) is 11.5 Å². The number of nitrogens with one attached hydrogen (secondary N) is 1. The second-order valence-electron chi connectivity index (χ2n) is 11.6. The van der Waals surface area contributed by atoms with Crippen molar-refractivity contribution in [3.8, 4) is 16.8 Å².